The van der Waals surface area contributed by atoms with Gasteiger partial charge in [0.1, 0.15) is 11.5 Å². The van der Waals surface area contributed by atoms with Crippen LogP contribution in [-0.2, 0) is 11.8 Å². The van der Waals surface area contributed by atoms with Gasteiger partial charge in [0.05, 0.1) is 47.7 Å². The molecule has 4 heterocycles. The fourth-order valence-corrected chi connectivity index (χ4v) is 6.14. The van der Waals surface area contributed by atoms with Crippen molar-refractivity contribution in [2.45, 2.75) is 18.1 Å². The molecule has 2 unspecified atom stereocenters. The number of ether oxygens (including phenoxy) is 1. The van der Waals surface area contributed by atoms with Crippen molar-refractivity contribution in [2.75, 3.05) is 51.0 Å². The molecule has 3 amide bonds. The Hall–Kier alpha value is -4.40. The molecule has 6 rings (SSSR count). The van der Waals surface area contributed by atoms with E-state index >= 15 is 4.39 Å². The second kappa shape index (κ2) is 12.1. The second-order valence-electron chi connectivity index (χ2n) is 12.3. The summed E-state index contributed by atoms with van der Waals surface area (Å²) in [5, 5.41) is 18.2. The van der Waals surface area contributed by atoms with Gasteiger partial charge in [0.15, 0.2) is 17.3 Å². The number of aryl methyl sites for hydroxylation is 1. The molecule has 17 heteroatoms. The standard InChI is InChI=1S/C29H31B3FN9O4/c1-40-10-15-12-42(13-16(15)11-40)28(45)22-8-19(39-41(22)2)18-6-17(33)7-21(25(18)46-3)34-20-9-23(35-26(43)14-4-5-14)37-38-24(20)27(44)36-29(30,31)32/h6-9,14-16H,4-5,10-13H2,1-3H3,(H,36,44)(H2,34,35,37,43). The van der Waals surface area contributed by atoms with E-state index in [2.05, 4.69) is 43.2 Å². The highest BCUT2D eigenvalue weighted by Crippen LogP contribution is 2.40. The Labute approximate surface area is 269 Å². The number of anilines is 3. The zero-order valence-electron chi connectivity index (χ0n) is 25.7. The summed E-state index contributed by atoms with van der Waals surface area (Å²) in [7, 11) is 21.8. The van der Waals surface area contributed by atoms with Crippen LogP contribution in [0.3, 0.4) is 0 Å². The molecule has 2 aliphatic heterocycles. The number of amides is 3. The first kappa shape index (κ1) is 31.6. The number of benzene rings is 1. The number of likely N-dealkylation sites (tertiary alicyclic amines) is 2. The Bertz CT molecular complexity index is 1700. The van der Waals surface area contributed by atoms with Crippen LogP contribution < -0.4 is 20.7 Å². The predicted octanol–water partition coefficient (Wildman–Crippen LogP) is 0.597. The van der Waals surface area contributed by atoms with Crippen molar-refractivity contribution in [3.63, 3.8) is 0 Å². The number of rotatable bonds is 9. The summed E-state index contributed by atoms with van der Waals surface area (Å²) in [4.78, 5) is 43.0. The average molecular weight is 621 g/mol. The van der Waals surface area contributed by atoms with Gasteiger partial charge in [-0.05, 0) is 43.9 Å². The van der Waals surface area contributed by atoms with Crippen LogP contribution in [0.2, 0.25) is 0 Å². The van der Waals surface area contributed by atoms with Crippen molar-refractivity contribution < 1.29 is 23.5 Å². The van der Waals surface area contributed by atoms with Crippen molar-refractivity contribution in [2.24, 2.45) is 24.8 Å². The molecule has 1 aromatic carbocycles. The van der Waals surface area contributed by atoms with Crippen LogP contribution in [0.25, 0.3) is 11.3 Å². The largest absolute Gasteiger partial charge is 0.494 e. The number of nitrogens with zero attached hydrogens (tertiary/aromatic N) is 6. The molecule has 2 aromatic heterocycles. The number of methoxy groups -OCH3 is 1. The number of carbonyl (C=O) groups is 3. The van der Waals surface area contributed by atoms with Gasteiger partial charge in [0, 0.05) is 56.8 Å². The Balaban J connectivity index is 1.32. The fourth-order valence-electron chi connectivity index (χ4n) is 6.14. The molecule has 3 fully saturated rings. The maximum absolute atomic E-state index is 15.2. The monoisotopic (exact) mass is 621 g/mol. The molecule has 1 saturated carbocycles. The first-order valence-electron chi connectivity index (χ1n) is 14.8. The van der Waals surface area contributed by atoms with Gasteiger partial charge < -0.3 is 30.5 Å². The van der Waals surface area contributed by atoms with E-state index in [0.29, 0.717) is 36.3 Å². The Morgan fingerprint density at radius 1 is 0.978 bits per heavy atom. The summed E-state index contributed by atoms with van der Waals surface area (Å²) in [6.07, 6.45) is 1.52. The van der Waals surface area contributed by atoms with E-state index in [1.807, 2.05) is 4.90 Å². The highest BCUT2D eigenvalue weighted by atomic mass is 19.1. The third kappa shape index (κ3) is 6.59. The normalized spacial score (nSPS) is 19.5. The lowest BCUT2D eigenvalue weighted by atomic mass is 9.49. The number of aromatic nitrogens is 4. The molecule has 3 aliphatic rings. The van der Waals surface area contributed by atoms with Gasteiger partial charge in [-0.1, -0.05) is 5.24 Å². The van der Waals surface area contributed by atoms with Crippen LogP contribution >= 0.6 is 0 Å². The summed E-state index contributed by atoms with van der Waals surface area (Å²) in [6, 6.07) is 5.35. The maximum atomic E-state index is 15.2. The zero-order valence-corrected chi connectivity index (χ0v) is 25.7. The second-order valence-corrected chi connectivity index (χ2v) is 12.3. The smallest absolute Gasteiger partial charge is 0.272 e. The van der Waals surface area contributed by atoms with E-state index in [1.165, 1.54) is 23.9 Å². The van der Waals surface area contributed by atoms with Gasteiger partial charge in [-0.3, -0.25) is 19.1 Å². The third-order valence-electron chi connectivity index (χ3n) is 8.40. The minimum atomic E-state index is -2.07. The molecule has 6 radical (unpaired) electrons. The first-order chi connectivity index (χ1) is 21.8. The lowest BCUT2D eigenvalue weighted by Crippen LogP contribution is -2.50. The van der Waals surface area contributed by atoms with Crippen LogP contribution in [0.1, 0.15) is 33.8 Å². The quantitative estimate of drug-likeness (QED) is 0.293. The van der Waals surface area contributed by atoms with Crippen molar-refractivity contribution in [3.05, 3.63) is 41.5 Å². The topological polar surface area (TPSA) is 147 Å². The third-order valence-corrected chi connectivity index (χ3v) is 8.40. The van der Waals surface area contributed by atoms with Crippen molar-refractivity contribution in [1.29, 1.82) is 0 Å². The number of halogens is 1. The number of hydrogen-bond donors (Lipinski definition) is 3. The molecule has 13 nitrogen and oxygen atoms in total. The number of nitrogens with one attached hydrogen (secondary N) is 3. The van der Waals surface area contributed by atoms with Crippen molar-refractivity contribution in [3.8, 4) is 17.0 Å². The van der Waals surface area contributed by atoms with Gasteiger partial charge in [-0.2, -0.15) is 5.10 Å². The molecular formula is C29H31B3FN9O4. The summed E-state index contributed by atoms with van der Waals surface area (Å²) >= 11 is 0. The summed E-state index contributed by atoms with van der Waals surface area (Å²) in [6.45, 7) is 3.25. The van der Waals surface area contributed by atoms with E-state index in [-0.39, 0.29) is 51.9 Å². The van der Waals surface area contributed by atoms with Crippen molar-refractivity contribution >= 4 is 58.5 Å². The van der Waals surface area contributed by atoms with Crippen LogP contribution in [-0.4, -0.2) is 117 Å². The molecular weight excluding hydrogens is 590 g/mol. The van der Waals surface area contributed by atoms with Gasteiger partial charge >= 0.3 is 0 Å². The SMILES string of the molecule is [B]C([B])([B])NC(=O)c1nnc(NC(=O)C2CC2)cc1Nc1cc(F)cc(-c2cc(C(=O)N3CC4CN(C)CC4C3)n(C)n2)c1OC. The predicted molar refractivity (Wildman–Crippen MR) is 170 cm³/mol. The Morgan fingerprint density at radius 3 is 2.30 bits per heavy atom. The van der Waals surface area contributed by atoms with Gasteiger partial charge in [-0.25, -0.2) is 4.39 Å². The van der Waals surface area contributed by atoms with E-state index in [9.17, 15) is 14.4 Å². The van der Waals surface area contributed by atoms with E-state index in [1.54, 1.807) is 13.1 Å². The molecule has 1 aliphatic carbocycles. The average Bonchev–Trinajstić information content (AvgIpc) is 3.52. The highest BCUT2D eigenvalue weighted by molar-refractivity contribution is 6.60. The molecule has 46 heavy (non-hydrogen) atoms. The molecule has 0 spiro atoms. The highest BCUT2D eigenvalue weighted by Gasteiger charge is 2.41. The summed E-state index contributed by atoms with van der Waals surface area (Å²) in [5.74, 6) is -0.969. The van der Waals surface area contributed by atoms with Gasteiger partial charge in [0.25, 0.3) is 11.8 Å². The van der Waals surface area contributed by atoms with E-state index in [4.69, 9.17) is 28.3 Å². The minimum absolute atomic E-state index is 0.0137. The minimum Gasteiger partial charge on any atom is -0.494 e. The number of fused-ring (bicyclic) bond motifs is 1. The first-order valence-corrected chi connectivity index (χ1v) is 14.8. The molecule has 232 valence electrons. The van der Waals surface area contributed by atoms with E-state index in [0.717, 1.165) is 32.0 Å². The summed E-state index contributed by atoms with van der Waals surface area (Å²) < 4.78 is 22.4. The Kier molecular flexibility index (Phi) is 8.30. The molecule has 0 bridgehead atoms. The lowest BCUT2D eigenvalue weighted by Gasteiger charge is -2.23. The van der Waals surface area contributed by atoms with Gasteiger partial charge in [0.2, 0.25) is 5.91 Å². The van der Waals surface area contributed by atoms with Crippen LogP contribution in [0.5, 0.6) is 5.75 Å². The molecule has 2 atom stereocenters. The van der Waals surface area contributed by atoms with Crippen LogP contribution in [0, 0.1) is 23.6 Å². The van der Waals surface area contributed by atoms with E-state index < -0.39 is 17.0 Å². The van der Waals surface area contributed by atoms with Gasteiger partial charge in [-0.15, -0.1) is 10.2 Å². The Morgan fingerprint density at radius 2 is 1.67 bits per heavy atom. The fraction of sp³-hybridized carbons (Fsp3) is 0.448. The van der Waals surface area contributed by atoms with Crippen molar-refractivity contribution in [1.82, 2.24) is 35.1 Å². The maximum Gasteiger partial charge on any atom is 0.272 e. The summed E-state index contributed by atoms with van der Waals surface area (Å²) in [5.41, 5.74) is 0.710. The molecule has 2 saturated heterocycles. The van der Waals surface area contributed by atoms with Crippen LogP contribution in [0.4, 0.5) is 21.6 Å². The zero-order chi connectivity index (χ0) is 32.9. The number of carbonyl (C=O) groups excluding carboxylic acids is 3. The van der Waals surface area contributed by atoms with Crippen LogP contribution in [0.15, 0.2) is 24.3 Å². The molecule has 3 N–H and O–H groups in total. The molecule has 3 aromatic rings. The number of hydrogen-bond acceptors (Lipinski definition) is 9. The lowest BCUT2D eigenvalue weighted by molar-refractivity contribution is -0.117.